The molecule has 0 unspecified atom stereocenters. The highest BCUT2D eigenvalue weighted by molar-refractivity contribution is 5.94. The van der Waals surface area contributed by atoms with Gasteiger partial charge in [-0.1, -0.05) is 37.3 Å². The van der Waals surface area contributed by atoms with Gasteiger partial charge in [0.2, 0.25) is 5.91 Å². The highest BCUT2D eigenvalue weighted by atomic mass is 16.2. The number of anilines is 2. The third-order valence-electron chi connectivity index (χ3n) is 6.62. The van der Waals surface area contributed by atoms with E-state index >= 15 is 0 Å². The molecule has 2 aliphatic carbocycles. The Hall–Kier alpha value is -2.29. The number of fused-ring (bicyclic) bond motifs is 1. The van der Waals surface area contributed by atoms with E-state index < -0.39 is 0 Å². The van der Waals surface area contributed by atoms with Gasteiger partial charge in [-0.05, 0) is 66.8 Å². The van der Waals surface area contributed by atoms with Crippen LogP contribution in [0, 0.1) is 11.8 Å². The van der Waals surface area contributed by atoms with Crippen LogP contribution in [-0.2, 0) is 4.79 Å². The van der Waals surface area contributed by atoms with E-state index in [-0.39, 0.29) is 11.9 Å². The Morgan fingerprint density at radius 3 is 2.33 bits per heavy atom. The van der Waals surface area contributed by atoms with Crippen molar-refractivity contribution in [2.75, 3.05) is 10.2 Å². The lowest BCUT2D eigenvalue weighted by Gasteiger charge is -2.46. The predicted molar refractivity (Wildman–Crippen MR) is 110 cm³/mol. The topological polar surface area (TPSA) is 32.3 Å². The van der Waals surface area contributed by atoms with Crippen molar-refractivity contribution in [3.05, 3.63) is 59.7 Å². The SMILES string of the molecule is CC(=O)N1c2ccccc2[C@H](Nc2ccc(C3CC3)cc2)[C@@H](C)[C@@H]1C1CC1. The molecule has 5 rings (SSSR count). The summed E-state index contributed by atoms with van der Waals surface area (Å²) in [4.78, 5) is 14.6. The van der Waals surface area contributed by atoms with Crippen molar-refractivity contribution in [1.82, 2.24) is 0 Å². The average Bonchev–Trinajstić information content (AvgIpc) is 3.56. The van der Waals surface area contributed by atoms with Crippen molar-refractivity contribution >= 4 is 17.3 Å². The van der Waals surface area contributed by atoms with Gasteiger partial charge in [-0.3, -0.25) is 4.79 Å². The first-order valence-electron chi connectivity index (χ1n) is 10.4. The van der Waals surface area contributed by atoms with E-state index in [1.807, 2.05) is 0 Å². The number of benzene rings is 2. The molecule has 1 heterocycles. The molecule has 3 atom stereocenters. The third kappa shape index (κ3) is 3.03. The highest BCUT2D eigenvalue weighted by Gasteiger charge is 2.47. The molecule has 3 heteroatoms. The minimum Gasteiger partial charge on any atom is -0.378 e. The summed E-state index contributed by atoms with van der Waals surface area (Å²) in [6.45, 7) is 4.02. The highest BCUT2D eigenvalue weighted by Crippen LogP contribution is 2.50. The Labute approximate surface area is 161 Å². The Morgan fingerprint density at radius 2 is 1.70 bits per heavy atom. The van der Waals surface area contributed by atoms with Crippen LogP contribution in [-0.4, -0.2) is 11.9 Å². The number of carbonyl (C=O) groups excluding carboxylic acids is 1. The van der Waals surface area contributed by atoms with Gasteiger partial charge in [-0.15, -0.1) is 0 Å². The van der Waals surface area contributed by atoms with E-state index in [4.69, 9.17) is 0 Å². The van der Waals surface area contributed by atoms with E-state index in [2.05, 4.69) is 65.7 Å². The number of amides is 1. The lowest BCUT2D eigenvalue weighted by Crippen LogP contribution is -2.51. The van der Waals surface area contributed by atoms with Gasteiger partial charge in [0.1, 0.15) is 0 Å². The average molecular weight is 361 g/mol. The van der Waals surface area contributed by atoms with Crippen molar-refractivity contribution in [2.24, 2.45) is 11.8 Å². The van der Waals surface area contributed by atoms with Crippen LogP contribution in [0.4, 0.5) is 11.4 Å². The van der Waals surface area contributed by atoms with E-state index in [1.165, 1.54) is 42.5 Å². The quantitative estimate of drug-likeness (QED) is 0.781. The normalized spacial score (nSPS) is 27.2. The maximum absolute atomic E-state index is 12.5. The molecule has 0 bridgehead atoms. The maximum atomic E-state index is 12.5. The second-order valence-corrected chi connectivity index (χ2v) is 8.65. The van der Waals surface area contributed by atoms with Crippen molar-refractivity contribution in [1.29, 1.82) is 0 Å². The summed E-state index contributed by atoms with van der Waals surface area (Å²) in [5.41, 5.74) is 4.98. The molecule has 3 aliphatic rings. The van der Waals surface area contributed by atoms with Crippen LogP contribution in [0.5, 0.6) is 0 Å². The zero-order chi connectivity index (χ0) is 18.5. The van der Waals surface area contributed by atoms with Crippen LogP contribution in [0.1, 0.15) is 62.6 Å². The molecule has 2 aromatic rings. The van der Waals surface area contributed by atoms with E-state index in [0.717, 1.165) is 11.6 Å². The molecular formula is C24H28N2O. The number of rotatable bonds is 4. The largest absolute Gasteiger partial charge is 0.378 e. The molecule has 0 spiro atoms. The lowest BCUT2D eigenvalue weighted by atomic mass is 9.80. The smallest absolute Gasteiger partial charge is 0.224 e. The zero-order valence-corrected chi connectivity index (χ0v) is 16.2. The fourth-order valence-corrected chi connectivity index (χ4v) is 4.96. The summed E-state index contributed by atoms with van der Waals surface area (Å²) in [7, 11) is 0. The number of carbonyl (C=O) groups is 1. The van der Waals surface area contributed by atoms with Crippen LogP contribution in [0.15, 0.2) is 48.5 Å². The fraction of sp³-hybridized carbons (Fsp3) is 0.458. The lowest BCUT2D eigenvalue weighted by molar-refractivity contribution is -0.117. The predicted octanol–water partition coefficient (Wildman–Crippen LogP) is 5.50. The number of nitrogens with one attached hydrogen (secondary N) is 1. The third-order valence-corrected chi connectivity index (χ3v) is 6.62. The molecule has 2 fully saturated rings. The maximum Gasteiger partial charge on any atom is 0.224 e. The molecule has 0 aromatic heterocycles. The summed E-state index contributed by atoms with van der Waals surface area (Å²) in [5, 5.41) is 3.81. The van der Waals surface area contributed by atoms with Gasteiger partial charge in [0, 0.05) is 30.3 Å². The zero-order valence-electron chi connectivity index (χ0n) is 16.2. The summed E-state index contributed by atoms with van der Waals surface area (Å²) in [6.07, 6.45) is 5.15. The van der Waals surface area contributed by atoms with Gasteiger partial charge in [0.25, 0.3) is 0 Å². The minimum absolute atomic E-state index is 0.165. The van der Waals surface area contributed by atoms with Gasteiger partial charge in [0.05, 0.1) is 6.04 Å². The Bertz CT molecular complexity index is 851. The molecule has 2 aromatic carbocycles. The van der Waals surface area contributed by atoms with E-state index in [9.17, 15) is 4.79 Å². The first-order chi connectivity index (χ1) is 13.1. The molecule has 27 heavy (non-hydrogen) atoms. The number of hydrogen-bond donors (Lipinski definition) is 1. The fourth-order valence-electron chi connectivity index (χ4n) is 4.96. The molecular weight excluding hydrogens is 332 g/mol. The first-order valence-corrected chi connectivity index (χ1v) is 10.4. The molecule has 0 radical (unpaired) electrons. The van der Waals surface area contributed by atoms with Gasteiger partial charge in [-0.25, -0.2) is 0 Å². The van der Waals surface area contributed by atoms with Crippen molar-refractivity contribution in [3.63, 3.8) is 0 Å². The standard InChI is InChI=1S/C24H28N2O/c1-15-23(25-20-13-11-18(12-14-20)17-7-8-17)21-5-3-4-6-22(21)26(16(2)27)24(15)19-9-10-19/h3-6,11-15,17,19,23-25H,7-10H2,1-2H3/t15-,23-,24-/m1/s1. The summed E-state index contributed by atoms with van der Waals surface area (Å²) in [6, 6.07) is 18.0. The second-order valence-electron chi connectivity index (χ2n) is 8.65. The number of nitrogens with zero attached hydrogens (tertiary/aromatic N) is 1. The molecule has 1 amide bonds. The van der Waals surface area contributed by atoms with Gasteiger partial charge in [0.15, 0.2) is 0 Å². The number of para-hydroxylation sites is 1. The van der Waals surface area contributed by atoms with Crippen molar-refractivity contribution in [3.8, 4) is 0 Å². The van der Waals surface area contributed by atoms with E-state index in [1.54, 1.807) is 6.92 Å². The van der Waals surface area contributed by atoms with Crippen LogP contribution in [0.3, 0.4) is 0 Å². The van der Waals surface area contributed by atoms with Crippen molar-refractivity contribution < 1.29 is 4.79 Å². The Balaban J connectivity index is 1.50. The second kappa shape index (κ2) is 6.40. The first kappa shape index (κ1) is 16.9. The monoisotopic (exact) mass is 360 g/mol. The van der Waals surface area contributed by atoms with Crippen LogP contribution in [0.2, 0.25) is 0 Å². The summed E-state index contributed by atoms with van der Waals surface area (Å²) >= 11 is 0. The molecule has 1 aliphatic heterocycles. The minimum atomic E-state index is 0.165. The molecule has 0 saturated heterocycles. The van der Waals surface area contributed by atoms with Crippen LogP contribution in [0.25, 0.3) is 0 Å². The van der Waals surface area contributed by atoms with Crippen molar-refractivity contribution in [2.45, 2.75) is 57.5 Å². The Kier molecular flexibility index (Phi) is 3.99. The van der Waals surface area contributed by atoms with Gasteiger partial charge in [-0.2, -0.15) is 0 Å². The number of hydrogen-bond acceptors (Lipinski definition) is 2. The van der Waals surface area contributed by atoms with Crippen LogP contribution < -0.4 is 10.2 Å². The van der Waals surface area contributed by atoms with E-state index in [0.29, 0.717) is 17.9 Å². The molecule has 2 saturated carbocycles. The molecule has 3 nitrogen and oxygen atoms in total. The molecule has 1 N–H and O–H groups in total. The Morgan fingerprint density at radius 1 is 1.00 bits per heavy atom. The molecule has 140 valence electrons. The summed E-state index contributed by atoms with van der Waals surface area (Å²) < 4.78 is 0. The summed E-state index contributed by atoms with van der Waals surface area (Å²) in [5.74, 6) is 1.97. The van der Waals surface area contributed by atoms with Crippen LogP contribution >= 0.6 is 0 Å². The van der Waals surface area contributed by atoms with Gasteiger partial charge >= 0.3 is 0 Å². The van der Waals surface area contributed by atoms with Gasteiger partial charge < -0.3 is 10.2 Å².